The quantitative estimate of drug-likeness (QED) is 0.843. The molecule has 0 saturated carbocycles. The lowest BCUT2D eigenvalue weighted by atomic mass is 10.0. The highest BCUT2D eigenvalue weighted by molar-refractivity contribution is 4.83. The summed E-state index contributed by atoms with van der Waals surface area (Å²) >= 11 is 0. The third-order valence-electron chi connectivity index (χ3n) is 5.00. The van der Waals surface area contributed by atoms with E-state index in [0.717, 1.165) is 18.1 Å². The van der Waals surface area contributed by atoms with E-state index in [9.17, 15) is 0 Å². The van der Waals surface area contributed by atoms with Gasteiger partial charge in [0.05, 0.1) is 0 Å². The van der Waals surface area contributed by atoms with Crippen LogP contribution in [-0.4, -0.2) is 60.6 Å². The minimum absolute atomic E-state index is 0.719. The lowest BCUT2D eigenvalue weighted by molar-refractivity contribution is 0.154. The Kier molecular flexibility index (Phi) is 6.11. The molecule has 0 amide bonds. The van der Waals surface area contributed by atoms with Crippen molar-refractivity contribution in [1.82, 2.24) is 15.1 Å². The van der Waals surface area contributed by atoms with E-state index in [4.69, 9.17) is 0 Å². The molecule has 1 atom stereocenters. The summed E-state index contributed by atoms with van der Waals surface area (Å²) in [6.45, 7) is 13.3. The average molecular weight is 267 g/mol. The molecule has 1 unspecified atom stereocenters. The Bertz CT molecular complexity index is 246. The Hall–Kier alpha value is -0.120. The van der Waals surface area contributed by atoms with Gasteiger partial charge in [0.25, 0.3) is 0 Å². The maximum absolute atomic E-state index is 3.95. The topological polar surface area (TPSA) is 18.5 Å². The van der Waals surface area contributed by atoms with Gasteiger partial charge < -0.3 is 15.1 Å². The van der Waals surface area contributed by atoms with E-state index in [2.05, 4.69) is 35.9 Å². The second kappa shape index (κ2) is 7.61. The van der Waals surface area contributed by atoms with Crippen LogP contribution < -0.4 is 5.32 Å². The van der Waals surface area contributed by atoms with Crippen LogP contribution in [-0.2, 0) is 0 Å². The molecule has 1 N–H and O–H groups in total. The SMILES string of the molecule is CCN1CCCC(NC2CCN(C(C)C)CC2)CC1. The molecule has 3 nitrogen and oxygen atoms in total. The van der Waals surface area contributed by atoms with Crippen molar-refractivity contribution >= 4 is 0 Å². The lowest BCUT2D eigenvalue weighted by Gasteiger charge is -2.36. The number of nitrogens with zero attached hydrogens (tertiary/aromatic N) is 2. The molecule has 0 aromatic carbocycles. The summed E-state index contributed by atoms with van der Waals surface area (Å²) in [5.41, 5.74) is 0. The van der Waals surface area contributed by atoms with Crippen molar-refractivity contribution in [3.8, 4) is 0 Å². The van der Waals surface area contributed by atoms with Crippen LogP contribution in [0.15, 0.2) is 0 Å². The first-order valence-electron chi connectivity index (χ1n) is 8.41. The van der Waals surface area contributed by atoms with Crippen molar-refractivity contribution in [1.29, 1.82) is 0 Å². The van der Waals surface area contributed by atoms with Crippen LogP contribution in [0.3, 0.4) is 0 Å². The van der Waals surface area contributed by atoms with Crippen LogP contribution >= 0.6 is 0 Å². The van der Waals surface area contributed by atoms with Crippen molar-refractivity contribution in [3.05, 3.63) is 0 Å². The molecule has 0 aromatic heterocycles. The molecule has 2 rings (SSSR count). The van der Waals surface area contributed by atoms with E-state index in [1.165, 1.54) is 64.8 Å². The van der Waals surface area contributed by atoms with Crippen LogP contribution in [0, 0.1) is 0 Å². The summed E-state index contributed by atoms with van der Waals surface area (Å²) in [4.78, 5) is 5.22. The van der Waals surface area contributed by atoms with Gasteiger partial charge in [0, 0.05) is 18.1 Å². The predicted octanol–water partition coefficient (Wildman–Crippen LogP) is 2.32. The monoisotopic (exact) mass is 267 g/mol. The van der Waals surface area contributed by atoms with E-state index >= 15 is 0 Å². The molecule has 0 aliphatic carbocycles. The van der Waals surface area contributed by atoms with Gasteiger partial charge >= 0.3 is 0 Å². The molecule has 2 aliphatic rings. The fourth-order valence-electron chi connectivity index (χ4n) is 3.55. The van der Waals surface area contributed by atoms with Gasteiger partial charge in [-0.25, -0.2) is 0 Å². The van der Waals surface area contributed by atoms with Crippen LogP contribution in [0.4, 0.5) is 0 Å². The van der Waals surface area contributed by atoms with Crippen LogP contribution in [0.1, 0.15) is 52.9 Å². The van der Waals surface area contributed by atoms with Crippen molar-refractivity contribution in [2.45, 2.75) is 71.0 Å². The van der Waals surface area contributed by atoms with Crippen molar-refractivity contribution < 1.29 is 0 Å². The van der Waals surface area contributed by atoms with E-state index in [1.54, 1.807) is 0 Å². The van der Waals surface area contributed by atoms with Gasteiger partial charge in [0.1, 0.15) is 0 Å². The molecule has 2 heterocycles. The minimum Gasteiger partial charge on any atom is -0.311 e. The zero-order chi connectivity index (χ0) is 13.7. The zero-order valence-corrected chi connectivity index (χ0v) is 13.2. The van der Waals surface area contributed by atoms with Gasteiger partial charge in [0.15, 0.2) is 0 Å². The first-order valence-corrected chi connectivity index (χ1v) is 8.41. The molecule has 112 valence electrons. The number of nitrogens with one attached hydrogen (secondary N) is 1. The number of hydrogen-bond donors (Lipinski definition) is 1. The molecular weight excluding hydrogens is 234 g/mol. The molecule has 0 radical (unpaired) electrons. The van der Waals surface area contributed by atoms with Gasteiger partial charge in [-0.15, -0.1) is 0 Å². The van der Waals surface area contributed by atoms with Crippen LogP contribution in [0.25, 0.3) is 0 Å². The second-order valence-corrected chi connectivity index (χ2v) is 6.63. The Morgan fingerprint density at radius 2 is 1.58 bits per heavy atom. The molecule has 2 aliphatic heterocycles. The summed E-state index contributed by atoms with van der Waals surface area (Å²) in [6, 6.07) is 2.26. The van der Waals surface area contributed by atoms with Crippen molar-refractivity contribution in [3.63, 3.8) is 0 Å². The van der Waals surface area contributed by atoms with Crippen LogP contribution in [0.2, 0.25) is 0 Å². The highest BCUT2D eigenvalue weighted by atomic mass is 15.2. The molecule has 3 heteroatoms. The number of hydrogen-bond acceptors (Lipinski definition) is 3. The third-order valence-corrected chi connectivity index (χ3v) is 5.00. The summed E-state index contributed by atoms with van der Waals surface area (Å²) < 4.78 is 0. The summed E-state index contributed by atoms with van der Waals surface area (Å²) in [5, 5.41) is 3.95. The fraction of sp³-hybridized carbons (Fsp3) is 1.00. The maximum Gasteiger partial charge on any atom is 0.00940 e. The molecule has 0 aromatic rings. The Balaban J connectivity index is 1.70. The molecule has 2 fully saturated rings. The highest BCUT2D eigenvalue weighted by Crippen LogP contribution is 2.17. The standard InChI is InChI=1S/C16H33N3/c1-4-18-10-5-6-15(7-11-18)17-16-8-12-19(13-9-16)14(2)3/h14-17H,4-13H2,1-3H3. The average Bonchev–Trinajstić information content (AvgIpc) is 2.64. The van der Waals surface area contributed by atoms with Gasteiger partial charge in [-0.05, 0) is 78.7 Å². The van der Waals surface area contributed by atoms with E-state index in [1.807, 2.05) is 0 Å². The fourth-order valence-corrected chi connectivity index (χ4v) is 3.55. The second-order valence-electron chi connectivity index (χ2n) is 6.63. The molecule has 2 saturated heterocycles. The van der Waals surface area contributed by atoms with Crippen molar-refractivity contribution in [2.24, 2.45) is 0 Å². The zero-order valence-electron chi connectivity index (χ0n) is 13.2. The smallest absolute Gasteiger partial charge is 0.00940 e. The Labute approximate surface area is 119 Å². The molecule has 0 bridgehead atoms. The third kappa shape index (κ3) is 4.73. The van der Waals surface area contributed by atoms with Crippen molar-refractivity contribution in [2.75, 3.05) is 32.7 Å². The number of rotatable bonds is 4. The Morgan fingerprint density at radius 3 is 2.21 bits per heavy atom. The summed E-state index contributed by atoms with van der Waals surface area (Å²) in [6.07, 6.45) is 6.77. The summed E-state index contributed by atoms with van der Waals surface area (Å²) in [7, 11) is 0. The van der Waals surface area contributed by atoms with Gasteiger partial charge in [-0.3, -0.25) is 0 Å². The molecule has 19 heavy (non-hydrogen) atoms. The molecule has 0 spiro atoms. The largest absolute Gasteiger partial charge is 0.311 e. The Morgan fingerprint density at radius 1 is 0.947 bits per heavy atom. The number of piperidine rings is 1. The van der Waals surface area contributed by atoms with Gasteiger partial charge in [-0.2, -0.15) is 0 Å². The van der Waals surface area contributed by atoms with Gasteiger partial charge in [0.2, 0.25) is 0 Å². The molecular formula is C16H33N3. The van der Waals surface area contributed by atoms with E-state index < -0.39 is 0 Å². The van der Waals surface area contributed by atoms with E-state index in [0.29, 0.717) is 0 Å². The number of likely N-dealkylation sites (tertiary alicyclic amines) is 2. The first kappa shape index (κ1) is 15.3. The maximum atomic E-state index is 3.95. The highest BCUT2D eigenvalue weighted by Gasteiger charge is 2.24. The predicted molar refractivity (Wildman–Crippen MR) is 82.6 cm³/mol. The van der Waals surface area contributed by atoms with Gasteiger partial charge in [-0.1, -0.05) is 6.92 Å². The minimum atomic E-state index is 0.719. The van der Waals surface area contributed by atoms with Crippen LogP contribution in [0.5, 0.6) is 0 Å². The van der Waals surface area contributed by atoms with E-state index in [-0.39, 0.29) is 0 Å². The lowest BCUT2D eigenvalue weighted by Crippen LogP contribution is -2.48. The summed E-state index contributed by atoms with van der Waals surface area (Å²) in [5.74, 6) is 0. The first-order chi connectivity index (χ1) is 9.19. The normalized spacial score (nSPS) is 28.7.